The molecule has 0 spiro atoms. The number of ether oxygens (including phenoxy) is 2. The molecule has 0 radical (unpaired) electrons. The summed E-state index contributed by atoms with van der Waals surface area (Å²) in [6.45, 7) is 8.25. The molecule has 0 aliphatic carbocycles. The summed E-state index contributed by atoms with van der Waals surface area (Å²) in [7, 11) is 0. The Morgan fingerprint density at radius 2 is 0.745 bits per heavy atom. The lowest BCUT2D eigenvalue weighted by Crippen LogP contribution is -2.33. The number of carbonyl (C=O) groups excluding carboxylic acids is 2. The average Bonchev–Trinajstić information content (AvgIpc) is 3.06. The van der Waals surface area contributed by atoms with Crippen LogP contribution in [0.25, 0.3) is 0 Å². The van der Waals surface area contributed by atoms with Gasteiger partial charge < -0.3 is 20.1 Å². The Balaban J connectivity index is 3.35. The summed E-state index contributed by atoms with van der Waals surface area (Å²) >= 11 is 0. The average molecular weight is 667 g/mol. The first-order valence-corrected chi connectivity index (χ1v) is 20.9. The van der Waals surface area contributed by atoms with Crippen LogP contribution in [0, 0.1) is 0 Å². The standard InChI is InChI=1S/C41H82N2O4/c1-4-6-8-10-12-14-16-18-20-22-24-26-28-33-37-46-40(44)42-36-32-30-31-35-39(3)43-41(45)47-38-34-29-27-25-23-21-19-17-15-13-11-9-7-5-2/h39H,4-38H2,1-3H3,(H,42,44)(H,43,45). The Kier molecular flexibility index (Phi) is 37.8. The number of hydrogen-bond acceptors (Lipinski definition) is 4. The van der Waals surface area contributed by atoms with Crippen LogP contribution in [-0.4, -0.2) is 38.0 Å². The van der Waals surface area contributed by atoms with E-state index in [-0.39, 0.29) is 18.2 Å². The third-order valence-corrected chi connectivity index (χ3v) is 9.41. The maximum atomic E-state index is 12.1. The molecule has 1 atom stereocenters. The highest BCUT2D eigenvalue weighted by Gasteiger charge is 2.08. The number of alkyl carbamates (subject to hydrolysis) is 2. The third-order valence-electron chi connectivity index (χ3n) is 9.41. The summed E-state index contributed by atoms with van der Waals surface area (Å²) in [4.78, 5) is 23.9. The van der Waals surface area contributed by atoms with Gasteiger partial charge in [0.25, 0.3) is 0 Å². The molecule has 0 aromatic heterocycles. The van der Waals surface area contributed by atoms with Crippen LogP contribution in [0.4, 0.5) is 9.59 Å². The molecule has 0 saturated carbocycles. The van der Waals surface area contributed by atoms with E-state index < -0.39 is 0 Å². The zero-order valence-electron chi connectivity index (χ0n) is 32.0. The predicted octanol–water partition coefficient (Wildman–Crippen LogP) is 13.4. The molecule has 0 aromatic rings. The lowest BCUT2D eigenvalue weighted by molar-refractivity contribution is 0.139. The van der Waals surface area contributed by atoms with Crippen molar-refractivity contribution >= 4 is 12.2 Å². The summed E-state index contributed by atoms with van der Waals surface area (Å²) < 4.78 is 10.7. The summed E-state index contributed by atoms with van der Waals surface area (Å²) in [6, 6.07) is 0.0990. The van der Waals surface area contributed by atoms with Crippen LogP contribution in [0.3, 0.4) is 0 Å². The normalized spacial score (nSPS) is 11.8. The van der Waals surface area contributed by atoms with E-state index in [1.54, 1.807) is 0 Å². The number of hydrogen-bond donors (Lipinski definition) is 2. The van der Waals surface area contributed by atoms with Gasteiger partial charge in [-0.1, -0.05) is 194 Å². The molecule has 0 saturated heterocycles. The van der Waals surface area contributed by atoms with Crippen molar-refractivity contribution in [1.29, 1.82) is 0 Å². The van der Waals surface area contributed by atoms with E-state index in [0.29, 0.717) is 19.8 Å². The van der Waals surface area contributed by atoms with Gasteiger partial charge in [0.2, 0.25) is 0 Å². The highest BCUT2D eigenvalue weighted by molar-refractivity contribution is 5.67. The SMILES string of the molecule is CCCCCCCCCCCCCCCCOC(=O)NCCCCCC(C)NC(=O)OCCCCCCCCCCCCCCCC. The zero-order chi connectivity index (χ0) is 34.3. The van der Waals surface area contributed by atoms with Crippen molar-refractivity contribution in [2.75, 3.05) is 19.8 Å². The van der Waals surface area contributed by atoms with E-state index in [0.717, 1.165) is 51.4 Å². The van der Waals surface area contributed by atoms with Crippen molar-refractivity contribution < 1.29 is 19.1 Å². The minimum atomic E-state index is -0.296. The van der Waals surface area contributed by atoms with Crippen LogP contribution in [0.1, 0.15) is 226 Å². The second-order valence-corrected chi connectivity index (χ2v) is 14.3. The van der Waals surface area contributed by atoms with Gasteiger partial charge in [0.15, 0.2) is 0 Å². The maximum Gasteiger partial charge on any atom is 0.407 e. The minimum Gasteiger partial charge on any atom is -0.450 e. The summed E-state index contributed by atoms with van der Waals surface area (Å²) in [6.07, 6.45) is 40.4. The van der Waals surface area contributed by atoms with E-state index in [4.69, 9.17) is 9.47 Å². The second kappa shape index (κ2) is 39.0. The molecule has 2 N–H and O–H groups in total. The fraction of sp³-hybridized carbons (Fsp3) is 0.951. The number of carbonyl (C=O) groups is 2. The zero-order valence-corrected chi connectivity index (χ0v) is 32.0. The van der Waals surface area contributed by atoms with Gasteiger partial charge in [-0.15, -0.1) is 0 Å². The Hall–Kier alpha value is -1.46. The molecular weight excluding hydrogens is 584 g/mol. The lowest BCUT2D eigenvalue weighted by atomic mass is 10.0. The van der Waals surface area contributed by atoms with Gasteiger partial charge in [-0.25, -0.2) is 9.59 Å². The molecule has 1 unspecified atom stereocenters. The van der Waals surface area contributed by atoms with Gasteiger partial charge in [-0.05, 0) is 32.6 Å². The topological polar surface area (TPSA) is 76.7 Å². The van der Waals surface area contributed by atoms with Crippen molar-refractivity contribution in [2.24, 2.45) is 0 Å². The van der Waals surface area contributed by atoms with E-state index in [9.17, 15) is 9.59 Å². The number of nitrogens with one attached hydrogen (secondary N) is 2. The van der Waals surface area contributed by atoms with Gasteiger partial charge in [0.1, 0.15) is 0 Å². The molecule has 2 amide bonds. The number of unbranched alkanes of at least 4 members (excludes halogenated alkanes) is 28. The second-order valence-electron chi connectivity index (χ2n) is 14.3. The summed E-state index contributed by atoms with van der Waals surface area (Å²) in [5.74, 6) is 0. The maximum absolute atomic E-state index is 12.1. The Morgan fingerprint density at radius 1 is 0.426 bits per heavy atom. The minimum absolute atomic E-state index is 0.0990. The van der Waals surface area contributed by atoms with Gasteiger partial charge >= 0.3 is 12.2 Å². The highest BCUT2D eigenvalue weighted by Crippen LogP contribution is 2.14. The number of amides is 2. The van der Waals surface area contributed by atoms with Crippen LogP contribution in [0.5, 0.6) is 0 Å². The highest BCUT2D eigenvalue weighted by atomic mass is 16.6. The first-order chi connectivity index (χ1) is 23.1. The molecule has 0 aromatic carbocycles. The Morgan fingerprint density at radius 3 is 1.13 bits per heavy atom. The third kappa shape index (κ3) is 38.9. The van der Waals surface area contributed by atoms with E-state index >= 15 is 0 Å². The largest absolute Gasteiger partial charge is 0.450 e. The first-order valence-electron chi connectivity index (χ1n) is 20.9. The number of rotatable bonds is 37. The van der Waals surface area contributed by atoms with Crippen molar-refractivity contribution in [1.82, 2.24) is 10.6 Å². The van der Waals surface area contributed by atoms with Crippen LogP contribution in [0.15, 0.2) is 0 Å². The van der Waals surface area contributed by atoms with Crippen LogP contribution in [0.2, 0.25) is 0 Å². The molecule has 0 aliphatic rings. The van der Waals surface area contributed by atoms with Crippen molar-refractivity contribution in [3.63, 3.8) is 0 Å². The molecule has 47 heavy (non-hydrogen) atoms. The molecule has 6 nitrogen and oxygen atoms in total. The van der Waals surface area contributed by atoms with Crippen molar-refractivity contribution in [2.45, 2.75) is 232 Å². The first kappa shape index (κ1) is 45.5. The molecule has 0 heterocycles. The van der Waals surface area contributed by atoms with Gasteiger partial charge in [-0.3, -0.25) is 0 Å². The molecule has 0 aliphatic heterocycles. The fourth-order valence-electron chi connectivity index (χ4n) is 6.23. The van der Waals surface area contributed by atoms with Crippen molar-refractivity contribution in [3.05, 3.63) is 0 Å². The van der Waals surface area contributed by atoms with Gasteiger partial charge in [0.05, 0.1) is 13.2 Å². The fourth-order valence-corrected chi connectivity index (χ4v) is 6.23. The molecule has 6 heteroatoms. The molecule has 0 fully saturated rings. The van der Waals surface area contributed by atoms with Crippen LogP contribution >= 0.6 is 0 Å². The predicted molar refractivity (Wildman–Crippen MR) is 202 cm³/mol. The molecular formula is C41H82N2O4. The Bertz CT molecular complexity index is 645. The van der Waals surface area contributed by atoms with E-state index in [1.165, 1.54) is 154 Å². The van der Waals surface area contributed by atoms with Gasteiger partial charge in [0, 0.05) is 12.6 Å². The van der Waals surface area contributed by atoms with Crippen LogP contribution in [-0.2, 0) is 9.47 Å². The van der Waals surface area contributed by atoms with Gasteiger partial charge in [-0.2, -0.15) is 0 Å². The van der Waals surface area contributed by atoms with Crippen molar-refractivity contribution in [3.8, 4) is 0 Å². The lowest BCUT2D eigenvalue weighted by Gasteiger charge is -2.14. The van der Waals surface area contributed by atoms with E-state index in [2.05, 4.69) is 24.5 Å². The molecule has 0 rings (SSSR count). The Labute approximate surface area is 293 Å². The molecule has 280 valence electrons. The summed E-state index contributed by atoms with van der Waals surface area (Å²) in [5.41, 5.74) is 0. The summed E-state index contributed by atoms with van der Waals surface area (Å²) in [5, 5.41) is 5.81. The quantitative estimate of drug-likeness (QED) is 0.0647. The molecule has 0 bridgehead atoms. The smallest absolute Gasteiger partial charge is 0.407 e. The van der Waals surface area contributed by atoms with Crippen LogP contribution < -0.4 is 10.6 Å². The monoisotopic (exact) mass is 667 g/mol. The van der Waals surface area contributed by atoms with E-state index in [1.807, 2.05) is 6.92 Å².